The quantitative estimate of drug-likeness (QED) is 0.0225. The second kappa shape index (κ2) is 46.3. The van der Waals surface area contributed by atoms with Gasteiger partial charge in [0.1, 0.15) is 57.3 Å². The highest BCUT2D eigenvalue weighted by molar-refractivity contribution is 9.10. The number of alkyl halides is 4. The molecule has 18 bridgehead atoms. The van der Waals surface area contributed by atoms with E-state index in [1.165, 1.54) is 20.8 Å². The number of aromatic nitrogens is 1. The normalized spacial score (nSPS) is 32.2. The summed E-state index contributed by atoms with van der Waals surface area (Å²) in [5, 5.41) is 19.2. The number of aldehydes is 2. The monoisotopic (exact) mass is 2070 g/mol. The number of primary amides is 1. The highest BCUT2D eigenvalue weighted by Gasteiger charge is 2.65. The number of amides is 7. The summed E-state index contributed by atoms with van der Waals surface area (Å²) in [6.07, 6.45) is 23.4. The standard InChI is InChI=1S/C16H16BrNO4.C16H17NO4.C16H17NO3.C13H13NO2.C9H13BrN2O3.C9H10BrNO3.C9H12BrNO2.C5H5N.C3H4O.H3N/c17-12-10-6-11-13(14(12)22-15(11)19)18(7-10)16(20)21-8-9-4-2-1-3-5-9;18-15(19)13-8-12-6-7-14(13)17(9-12)16(20)21-10-11-4-2-1-3-5-11;18-10-14-8-13-6-7-15(14)17(9-13)16(19)20-11-12-4-2-1-3-5-12;15-13(14-9-5-2-6-10-14)16-11-12-7-3-1-4-8-12;1-12-6-4(8(11)14)2-3(9(12)15)5(10)7(6)13;1-11-6-4-2-3(8(11)12)5(10)7(6)14-9(4)13;1-11-3-4-2-5-7(11)8(6(4)10)13-9(5)12;1-2-4-6-5-3-1;1-2-3-4;/h1-5,10-14H,6-8H2;1-7,12-14H,8-10H2,(H,18,19);1-7,10,13-15H,8-9,11H2;1-9H,10-11H2;3-7,13H,2H2,1H3,(H2,11,14);3-7H,2H2,1H3;4-8H,2-3H2,1H3;1-5H;2-3H,1H2;1H3. The van der Waals surface area contributed by atoms with Crippen LogP contribution in [0.25, 0.3) is 0 Å². The molecule has 22 aliphatic rings. The first kappa shape index (κ1) is 100. The molecule has 7 amide bonds. The van der Waals surface area contributed by atoms with E-state index >= 15 is 0 Å². The van der Waals surface area contributed by atoms with E-state index in [1.807, 2.05) is 176 Å². The molecule has 13 saturated heterocycles. The Morgan fingerprint density at radius 1 is 0.485 bits per heavy atom. The van der Waals surface area contributed by atoms with Crippen molar-refractivity contribution in [2.24, 2.45) is 76.7 Å². The zero-order valence-electron chi connectivity index (χ0n) is 73.0. The molecule has 26 atom stereocenters. The Balaban J connectivity index is 0.000000137. The number of aliphatic carboxylic acids is 1. The van der Waals surface area contributed by atoms with Crippen LogP contribution < -0.4 is 11.9 Å². The molecule has 16 aliphatic heterocycles. The lowest BCUT2D eigenvalue weighted by atomic mass is 9.70. The first-order valence-electron chi connectivity index (χ1n) is 43.7. The number of pyridine rings is 1. The van der Waals surface area contributed by atoms with Gasteiger partial charge in [0.05, 0.1) is 103 Å². The SMILES string of the molecule is C=CC=O.CN1C(=O)C2CC(C(N)=O)C1C(O)C2Br.CN1C(=O)C2CC3C(=O)OC(C2Br)C31.CN1CC2CC3C(=O)OC(C2Br)C31.N.O=C(O)C1CC2C=CC1N(C(=O)OCc1ccccc1)C2.O=C(OCc1ccccc1)N1C=CC=CC1.O=C1OC2C(Br)C3CC1C2N(C(=O)OCc1ccccc1)C3.O=CC1CC2C=CC1N(C(=O)OCc1ccccc1)C2.c1ccncc1. The molecule has 1 aromatic heterocycles. The van der Waals surface area contributed by atoms with Gasteiger partial charge in [-0.15, -0.1) is 0 Å². The molecule has 4 saturated carbocycles. The van der Waals surface area contributed by atoms with Crippen LogP contribution in [0.15, 0.2) is 213 Å². The van der Waals surface area contributed by atoms with Gasteiger partial charge in [0.15, 0.2) is 0 Å². The number of nitrogens with two attached hydrogens (primary N) is 1. The summed E-state index contributed by atoms with van der Waals surface area (Å²) in [5.41, 5.74) is 9.09. The molecule has 27 rings (SSSR count). The van der Waals surface area contributed by atoms with Crippen LogP contribution in [0.3, 0.4) is 0 Å². The average molecular weight is 2080 g/mol. The van der Waals surface area contributed by atoms with Crippen molar-refractivity contribution in [1.29, 1.82) is 0 Å². The maximum absolute atomic E-state index is 12.4. The van der Waals surface area contributed by atoms with Gasteiger partial charge >= 0.3 is 48.3 Å². The van der Waals surface area contributed by atoms with E-state index in [2.05, 4.69) is 93.3 Å². The van der Waals surface area contributed by atoms with Crippen LogP contribution in [-0.4, -0.2) is 262 Å². The van der Waals surface area contributed by atoms with Crippen molar-refractivity contribution >= 4 is 142 Å². The van der Waals surface area contributed by atoms with Crippen LogP contribution >= 0.6 is 63.7 Å². The Bertz CT molecular complexity index is 4990. The van der Waals surface area contributed by atoms with Crippen LogP contribution in [0.5, 0.6) is 0 Å². The second-order valence-electron chi connectivity index (χ2n) is 34.7. The number of nitrogens with zero attached hydrogens (tertiary/aromatic N) is 8. The minimum atomic E-state index is -0.852. The van der Waals surface area contributed by atoms with E-state index in [-0.39, 0.29) is 178 Å². The van der Waals surface area contributed by atoms with Crippen molar-refractivity contribution in [2.45, 2.75) is 145 Å². The molecule has 6 aliphatic carbocycles. The summed E-state index contributed by atoms with van der Waals surface area (Å²) >= 11 is 14.0. The van der Waals surface area contributed by atoms with Crippen molar-refractivity contribution in [3.05, 3.63) is 236 Å². The number of likely N-dealkylation sites (N-methyl/N-ethyl adjacent to an activating group) is 3. The number of esters is 3. The van der Waals surface area contributed by atoms with E-state index in [0.717, 1.165) is 54.3 Å². The summed E-state index contributed by atoms with van der Waals surface area (Å²) < 4.78 is 37.3. The number of carbonyl (C=O) groups excluding carboxylic acids is 12. The van der Waals surface area contributed by atoms with Gasteiger partial charge in [0, 0.05) is 71.3 Å². The highest BCUT2D eigenvalue weighted by atomic mass is 79.9. The summed E-state index contributed by atoms with van der Waals surface area (Å²) in [6.45, 7) is 7.63. The minimum absolute atomic E-state index is 0. The van der Waals surface area contributed by atoms with Gasteiger partial charge in [-0.1, -0.05) is 234 Å². The van der Waals surface area contributed by atoms with Crippen LogP contribution in [0.2, 0.25) is 0 Å². The minimum Gasteiger partial charge on any atom is -0.481 e. The number of benzene rings is 4. The largest absolute Gasteiger partial charge is 0.481 e. The smallest absolute Gasteiger partial charge is 0.414 e. The first-order valence-corrected chi connectivity index (χ1v) is 47.3. The third-order valence-corrected chi connectivity index (χ3v) is 31.5. The number of aliphatic hydroxyl groups excluding tert-OH is 1. The van der Waals surface area contributed by atoms with E-state index in [4.69, 9.17) is 43.7 Å². The molecule has 26 unspecified atom stereocenters. The van der Waals surface area contributed by atoms with E-state index in [0.29, 0.717) is 75.1 Å². The van der Waals surface area contributed by atoms with E-state index < -0.39 is 48.0 Å². The molecule has 17 fully saturated rings. The molecule has 0 spiro atoms. The summed E-state index contributed by atoms with van der Waals surface area (Å²) in [7, 11) is 5.47. The molecule has 0 radical (unpaired) electrons. The predicted octanol–water partition coefficient (Wildman–Crippen LogP) is 11.2. The topological polar surface area (TPSA) is 424 Å². The average Bonchev–Trinajstić information content (AvgIpc) is 1.64. The Morgan fingerprint density at radius 3 is 1.34 bits per heavy atom. The molecule has 32 nitrogen and oxygen atoms in total. The number of fused-ring (bicyclic) bond motifs is 10. The molecular formula is C96H110Br4N10O22. The van der Waals surface area contributed by atoms with Gasteiger partial charge in [-0.05, 0) is 116 Å². The molecule has 704 valence electrons. The number of carbonyl (C=O) groups is 13. The number of hydrogen-bond acceptors (Lipinski definition) is 24. The number of ether oxygens (including phenoxy) is 7. The highest BCUT2D eigenvalue weighted by Crippen LogP contribution is 2.52. The molecule has 132 heavy (non-hydrogen) atoms. The predicted molar refractivity (Wildman–Crippen MR) is 495 cm³/mol. The van der Waals surface area contributed by atoms with Crippen molar-refractivity contribution < 1.29 is 106 Å². The Hall–Kier alpha value is -10.8. The van der Waals surface area contributed by atoms with Crippen molar-refractivity contribution in [1.82, 2.24) is 45.4 Å². The zero-order valence-corrected chi connectivity index (χ0v) is 79.4. The number of piperidine rings is 10. The van der Waals surface area contributed by atoms with Gasteiger partial charge in [-0.2, -0.15) is 0 Å². The number of rotatable bonds is 12. The van der Waals surface area contributed by atoms with Crippen LogP contribution in [0.4, 0.5) is 19.2 Å². The zero-order chi connectivity index (χ0) is 93.4. The number of hydrogen-bond donors (Lipinski definition) is 4. The summed E-state index contributed by atoms with van der Waals surface area (Å²) in [5.74, 6) is -1.83. The summed E-state index contributed by atoms with van der Waals surface area (Å²) in [6, 6.07) is 43.1. The fourth-order valence-electron chi connectivity index (χ4n) is 20.2. The van der Waals surface area contributed by atoms with E-state index in [9.17, 15) is 67.7 Å². The lowest BCUT2D eigenvalue weighted by Gasteiger charge is -2.51. The number of carboxylic acid groups (broad SMARTS) is 1. The van der Waals surface area contributed by atoms with Gasteiger partial charge in [0.2, 0.25) is 17.7 Å². The lowest BCUT2D eigenvalue weighted by Crippen LogP contribution is -2.68. The third-order valence-electron chi connectivity index (χ3n) is 26.6. The molecule has 5 aromatic rings. The van der Waals surface area contributed by atoms with Crippen LogP contribution in [-0.2, 0) is 103 Å². The van der Waals surface area contributed by atoms with Gasteiger partial charge < -0.3 is 84.5 Å². The number of carboxylic acids is 1. The number of aliphatic hydroxyl groups is 1. The maximum atomic E-state index is 12.4. The van der Waals surface area contributed by atoms with Gasteiger partial charge in [-0.3, -0.25) is 53.1 Å². The molecule has 7 N–H and O–H groups in total. The van der Waals surface area contributed by atoms with Crippen molar-refractivity contribution in [3.8, 4) is 0 Å². The third kappa shape index (κ3) is 23.2. The van der Waals surface area contributed by atoms with E-state index in [1.54, 1.807) is 47.4 Å². The summed E-state index contributed by atoms with van der Waals surface area (Å²) in [4.78, 5) is 165. The molecule has 4 aromatic carbocycles. The van der Waals surface area contributed by atoms with Crippen LogP contribution in [0.1, 0.15) is 60.8 Å². The van der Waals surface area contributed by atoms with Crippen molar-refractivity contribution in [2.75, 3.05) is 53.9 Å². The van der Waals surface area contributed by atoms with Crippen molar-refractivity contribution in [3.63, 3.8) is 0 Å². The van der Waals surface area contributed by atoms with Gasteiger partial charge in [-0.25, -0.2) is 19.2 Å². The van der Waals surface area contributed by atoms with Crippen LogP contribution in [0, 0.1) is 71.0 Å². The Labute approximate surface area is 799 Å². The molecular weight excluding hydrogens is 1960 g/mol. The Kier molecular flexibility index (Phi) is 35.1. The second-order valence-corrected chi connectivity index (χ2v) is 38.9. The number of halogens is 4. The number of allylic oxidation sites excluding steroid dienone is 3. The maximum Gasteiger partial charge on any atom is 0.414 e. The molecule has 17 heterocycles. The fraction of sp³-hybridized carbons (Fsp3) is 0.458. The fourth-order valence-corrected chi connectivity index (χ4v) is 23.4. The first-order chi connectivity index (χ1) is 63.1. The Morgan fingerprint density at radius 2 is 0.909 bits per heavy atom. The molecule has 36 heteroatoms. The lowest BCUT2D eigenvalue weighted by molar-refractivity contribution is -0.161. The van der Waals surface area contributed by atoms with Gasteiger partial charge in [0.25, 0.3) is 0 Å².